The van der Waals surface area contributed by atoms with Crippen LogP contribution in [0.3, 0.4) is 0 Å². The second-order valence-electron chi connectivity index (χ2n) is 5.59. The Morgan fingerprint density at radius 2 is 2.17 bits per heavy atom. The lowest BCUT2D eigenvalue weighted by Crippen LogP contribution is -2.24. The Labute approximate surface area is 107 Å². The monoisotopic (exact) mass is 248 g/mol. The number of aliphatic hydroxyl groups is 2. The molecule has 0 bridgehead atoms. The molecule has 1 aliphatic heterocycles. The average Bonchev–Trinajstić information content (AvgIpc) is 2.92. The van der Waals surface area contributed by atoms with Gasteiger partial charge in [-0.15, -0.1) is 0 Å². The van der Waals surface area contributed by atoms with E-state index in [0.717, 1.165) is 31.6 Å². The molecule has 4 nitrogen and oxygen atoms in total. The molecular weight excluding hydrogens is 228 g/mol. The molecule has 0 aromatic carbocycles. The van der Waals surface area contributed by atoms with E-state index >= 15 is 0 Å². The minimum atomic E-state index is -0.515. The third-order valence-electron chi connectivity index (χ3n) is 4.38. The summed E-state index contributed by atoms with van der Waals surface area (Å²) in [6.45, 7) is 3.68. The smallest absolute Gasteiger partial charge is 0.0931 e. The van der Waals surface area contributed by atoms with Crippen LogP contribution in [0.5, 0.6) is 0 Å². The Hall–Kier alpha value is -1.13. The molecule has 1 aliphatic carbocycles. The predicted octanol–water partition coefficient (Wildman–Crippen LogP) is 1.34. The molecule has 0 spiro atoms. The van der Waals surface area contributed by atoms with Crippen LogP contribution in [0.15, 0.2) is 18.3 Å². The summed E-state index contributed by atoms with van der Waals surface area (Å²) in [7, 11) is 0. The Morgan fingerprint density at radius 1 is 1.33 bits per heavy atom. The van der Waals surface area contributed by atoms with Crippen molar-refractivity contribution in [2.75, 3.05) is 18.0 Å². The number of hydrogen-bond acceptors (Lipinski definition) is 4. The third kappa shape index (κ3) is 1.99. The lowest BCUT2D eigenvalue weighted by Gasteiger charge is -2.20. The summed E-state index contributed by atoms with van der Waals surface area (Å²) in [5, 5.41) is 19.3. The quantitative estimate of drug-likeness (QED) is 0.829. The maximum Gasteiger partial charge on any atom is 0.0931 e. The largest absolute Gasteiger partial charge is 0.393 e. The fourth-order valence-electron chi connectivity index (χ4n) is 3.28. The van der Waals surface area contributed by atoms with Gasteiger partial charge >= 0.3 is 0 Å². The van der Waals surface area contributed by atoms with E-state index in [4.69, 9.17) is 0 Å². The first-order chi connectivity index (χ1) is 8.65. The maximum atomic E-state index is 9.91. The number of aliphatic hydroxyl groups excluding tert-OH is 2. The van der Waals surface area contributed by atoms with Crippen molar-refractivity contribution in [1.82, 2.24) is 4.98 Å². The molecule has 2 N–H and O–H groups in total. The lowest BCUT2D eigenvalue weighted by molar-refractivity contribution is 0.133. The van der Waals surface area contributed by atoms with Crippen molar-refractivity contribution in [2.45, 2.75) is 32.0 Å². The molecule has 98 valence electrons. The van der Waals surface area contributed by atoms with Gasteiger partial charge in [-0.05, 0) is 37.8 Å². The van der Waals surface area contributed by atoms with Crippen molar-refractivity contribution in [3.05, 3.63) is 24.0 Å². The van der Waals surface area contributed by atoms with Crippen LogP contribution in [-0.2, 0) is 0 Å². The molecule has 3 unspecified atom stereocenters. The maximum absolute atomic E-state index is 9.91. The van der Waals surface area contributed by atoms with Gasteiger partial charge in [0.1, 0.15) is 0 Å². The molecule has 2 fully saturated rings. The summed E-state index contributed by atoms with van der Waals surface area (Å²) in [6.07, 6.45) is 3.29. The highest BCUT2D eigenvalue weighted by atomic mass is 16.3. The zero-order valence-corrected chi connectivity index (χ0v) is 10.7. The van der Waals surface area contributed by atoms with Gasteiger partial charge in [0, 0.05) is 19.0 Å². The van der Waals surface area contributed by atoms with Gasteiger partial charge in [-0.3, -0.25) is 4.98 Å². The predicted molar refractivity (Wildman–Crippen MR) is 69.3 cm³/mol. The van der Waals surface area contributed by atoms with Crippen LogP contribution in [0, 0.1) is 11.8 Å². The molecule has 1 saturated heterocycles. The minimum Gasteiger partial charge on any atom is -0.393 e. The standard InChI is InChI=1S/C14H20N2O2/c1-9(17)13-4-3-11(6-15-13)16-7-10-2-5-14(18)12(10)8-16/h3-4,6,9-10,12,14,17-18H,2,5,7-8H2,1H3/t9-,10?,12?,14?/m1/s1. The number of hydrogen-bond donors (Lipinski definition) is 2. The molecule has 1 aromatic rings. The molecule has 1 saturated carbocycles. The fourth-order valence-corrected chi connectivity index (χ4v) is 3.28. The van der Waals surface area contributed by atoms with E-state index in [-0.39, 0.29) is 6.10 Å². The first-order valence-corrected chi connectivity index (χ1v) is 6.72. The van der Waals surface area contributed by atoms with Crippen LogP contribution in [0.1, 0.15) is 31.6 Å². The van der Waals surface area contributed by atoms with Crippen LogP contribution in [0.4, 0.5) is 5.69 Å². The summed E-state index contributed by atoms with van der Waals surface area (Å²) in [5.41, 5.74) is 1.80. The van der Waals surface area contributed by atoms with Gasteiger partial charge in [0.2, 0.25) is 0 Å². The lowest BCUT2D eigenvalue weighted by atomic mass is 10.00. The number of nitrogens with zero attached hydrogens (tertiary/aromatic N) is 2. The number of fused-ring (bicyclic) bond motifs is 1. The number of pyridine rings is 1. The van der Waals surface area contributed by atoms with E-state index in [9.17, 15) is 10.2 Å². The van der Waals surface area contributed by atoms with Crippen molar-refractivity contribution in [3.63, 3.8) is 0 Å². The highest BCUT2D eigenvalue weighted by Crippen LogP contribution is 2.39. The third-order valence-corrected chi connectivity index (χ3v) is 4.38. The van der Waals surface area contributed by atoms with Crippen molar-refractivity contribution < 1.29 is 10.2 Å². The van der Waals surface area contributed by atoms with E-state index in [0.29, 0.717) is 17.5 Å². The van der Waals surface area contributed by atoms with E-state index in [1.807, 2.05) is 18.3 Å². The summed E-state index contributed by atoms with van der Waals surface area (Å²) in [4.78, 5) is 6.58. The highest BCUT2D eigenvalue weighted by molar-refractivity contribution is 5.46. The Morgan fingerprint density at radius 3 is 2.78 bits per heavy atom. The van der Waals surface area contributed by atoms with Gasteiger partial charge in [-0.1, -0.05) is 0 Å². The highest BCUT2D eigenvalue weighted by Gasteiger charge is 2.41. The molecule has 2 heterocycles. The molecule has 4 heteroatoms. The van der Waals surface area contributed by atoms with E-state index in [1.54, 1.807) is 6.92 Å². The first kappa shape index (κ1) is 11.9. The zero-order chi connectivity index (χ0) is 12.7. The minimum absolute atomic E-state index is 0.121. The van der Waals surface area contributed by atoms with Crippen molar-refractivity contribution in [3.8, 4) is 0 Å². The molecule has 0 radical (unpaired) electrons. The molecule has 18 heavy (non-hydrogen) atoms. The van der Waals surface area contributed by atoms with Gasteiger partial charge in [-0.2, -0.15) is 0 Å². The van der Waals surface area contributed by atoms with E-state index in [2.05, 4.69) is 9.88 Å². The zero-order valence-electron chi connectivity index (χ0n) is 10.7. The van der Waals surface area contributed by atoms with Gasteiger partial charge in [0.05, 0.1) is 29.8 Å². The second-order valence-corrected chi connectivity index (χ2v) is 5.59. The number of anilines is 1. The summed E-state index contributed by atoms with van der Waals surface area (Å²) >= 11 is 0. The average molecular weight is 248 g/mol. The topological polar surface area (TPSA) is 56.6 Å². The van der Waals surface area contributed by atoms with Crippen molar-refractivity contribution in [1.29, 1.82) is 0 Å². The Balaban J connectivity index is 1.73. The summed E-state index contributed by atoms with van der Waals surface area (Å²) in [6, 6.07) is 3.90. The first-order valence-electron chi connectivity index (χ1n) is 6.72. The second kappa shape index (κ2) is 4.52. The fraction of sp³-hybridized carbons (Fsp3) is 0.643. The van der Waals surface area contributed by atoms with Crippen molar-refractivity contribution >= 4 is 5.69 Å². The molecule has 1 aromatic heterocycles. The van der Waals surface area contributed by atoms with E-state index in [1.165, 1.54) is 0 Å². The molecule has 2 aliphatic rings. The van der Waals surface area contributed by atoms with Gasteiger partial charge in [0.25, 0.3) is 0 Å². The Bertz CT molecular complexity index is 418. The Kier molecular flexibility index (Phi) is 2.99. The number of aromatic nitrogens is 1. The summed E-state index contributed by atoms with van der Waals surface area (Å²) < 4.78 is 0. The van der Waals surface area contributed by atoms with Crippen LogP contribution in [0.25, 0.3) is 0 Å². The normalized spacial score (nSPS) is 32.6. The molecule has 3 rings (SSSR count). The van der Waals surface area contributed by atoms with Crippen LogP contribution >= 0.6 is 0 Å². The van der Waals surface area contributed by atoms with Crippen molar-refractivity contribution in [2.24, 2.45) is 11.8 Å². The number of rotatable bonds is 2. The molecule has 4 atom stereocenters. The summed E-state index contributed by atoms with van der Waals surface area (Å²) in [5.74, 6) is 1.07. The van der Waals surface area contributed by atoms with Crippen LogP contribution in [0.2, 0.25) is 0 Å². The van der Waals surface area contributed by atoms with Gasteiger partial charge in [0.15, 0.2) is 0 Å². The van der Waals surface area contributed by atoms with Crippen LogP contribution < -0.4 is 4.90 Å². The molecule has 0 amide bonds. The molecular formula is C14H20N2O2. The van der Waals surface area contributed by atoms with Gasteiger partial charge in [-0.25, -0.2) is 0 Å². The van der Waals surface area contributed by atoms with Gasteiger partial charge < -0.3 is 15.1 Å². The SMILES string of the molecule is C[C@@H](O)c1ccc(N2CC3CCC(O)C3C2)cn1. The van der Waals surface area contributed by atoms with E-state index < -0.39 is 6.10 Å². The van der Waals surface area contributed by atoms with Crippen LogP contribution in [-0.4, -0.2) is 34.4 Å².